The van der Waals surface area contributed by atoms with E-state index in [1.54, 1.807) is 24.0 Å². The summed E-state index contributed by atoms with van der Waals surface area (Å²) in [6.07, 6.45) is 0.241. The number of aryl methyl sites for hydroxylation is 1. The molecule has 0 spiro atoms. The zero-order valence-corrected chi connectivity index (χ0v) is 17.3. The molecule has 27 heavy (non-hydrogen) atoms. The number of carbonyl (C=O) groups excluding carboxylic acids is 2. The summed E-state index contributed by atoms with van der Waals surface area (Å²) >= 11 is 3.44. The third-order valence-electron chi connectivity index (χ3n) is 4.90. The molecule has 2 aromatic carbocycles. The third-order valence-corrected chi connectivity index (χ3v) is 5.39. The molecule has 1 unspecified atom stereocenters. The van der Waals surface area contributed by atoms with Gasteiger partial charge in [-0.2, -0.15) is 0 Å². The monoisotopic (exact) mass is 430 g/mol. The highest BCUT2D eigenvalue weighted by molar-refractivity contribution is 9.10. The standard InChI is InChI=1S/C21H23BrN2O3/c1-14-10-17(22)8-9-18(14)24-13-16(11-20(24)25)21(26)23(2)12-15-6-4-5-7-19(15)27-3/h4-10,16H,11-13H2,1-3H3. The zero-order chi connectivity index (χ0) is 19.6. The molecule has 0 N–H and O–H groups in total. The number of ether oxygens (including phenoxy) is 1. The number of methoxy groups -OCH3 is 1. The summed E-state index contributed by atoms with van der Waals surface area (Å²) in [5.41, 5.74) is 2.82. The second-order valence-electron chi connectivity index (χ2n) is 6.84. The van der Waals surface area contributed by atoms with E-state index < -0.39 is 0 Å². The SMILES string of the molecule is COc1ccccc1CN(C)C(=O)C1CC(=O)N(c2ccc(Br)cc2C)C1. The van der Waals surface area contributed by atoms with Gasteiger partial charge in [-0.3, -0.25) is 9.59 Å². The van der Waals surface area contributed by atoms with E-state index in [1.165, 1.54) is 0 Å². The van der Waals surface area contributed by atoms with E-state index >= 15 is 0 Å². The molecule has 3 rings (SSSR count). The molecule has 1 atom stereocenters. The highest BCUT2D eigenvalue weighted by Crippen LogP contribution is 2.31. The van der Waals surface area contributed by atoms with Crippen molar-refractivity contribution in [1.82, 2.24) is 4.90 Å². The topological polar surface area (TPSA) is 49.9 Å². The van der Waals surface area contributed by atoms with Gasteiger partial charge in [-0.25, -0.2) is 0 Å². The van der Waals surface area contributed by atoms with E-state index in [2.05, 4.69) is 15.9 Å². The lowest BCUT2D eigenvalue weighted by molar-refractivity contribution is -0.135. The van der Waals surface area contributed by atoms with Crippen molar-refractivity contribution in [3.05, 3.63) is 58.1 Å². The molecule has 1 heterocycles. The van der Waals surface area contributed by atoms with Crippen molar-refractivity contribution in [3.63, 3.8) is 0 Å². The molecule has 0 bridgehead atoms. The van der Waals surface area contributed by atoms with Crippen LogP contribution >= 0.6 is 15.9 Å². The lowest BCUT2D eigenvalue weighted by Crippen LogP contribution is -2.34. The second kappa shape index (κ2) is 8.13. The Morgan fingerprint density at radius 1 is 1.30 bits per heavy atom. The van der Waals surface area contributed by atoms with Gasteiger partial charge in [0.1, 0.15) is 5.75 Å². The van der Waals surface area contributed by atoms with E-state index in [0.29, 0.717) is 13.1 Å². The number of rotatable bonds is 5. The van der Waals surface area contributed by atoms with E-state index in [1.807, 2.05) is 49.4 Å². The van der Waals surface area contributed by atoms with Crippen LogP contribution in [-0.2, 0) is 16.1 Å². The summed E-state index contributed by atoms with van der Waals surface area (Å²) in [5, 5.41) is 0. The van der Waals surface area contributed by atoms with Crippen molar-refractivity contribution in [1.29, 1.82) is 0 Å². The number of anilines is 1. The number of amides is 2. The van der Waals surface area contributed by atoms with Crippen LogP contribution in [0.25, 0.3) is 0 Å². The summed E-state index contributed by atoms with van der Waals surface area (Å²) < 4.78 is 6.33. The van der Waals surface area contributed by atoms with Gasteiger partial charge in [-0.1, -0.05) is 34.1 Å². The maximum atomic E-state index is 12.9. The normalized spacial score (nSPS) is 16.5. The van der Waals surface area contributed by atoms with Crippen LogP contribution < -0.4 is 9.64 Å². The Kier molecular flexibility index (Phi) is 5.85. The van der Waals surface area contributed by atoms with Crippen LogP contribution in [0.3, 0.4) is 0 Å². The molecule has 2 aromatic rings. The Labute approximate surface area is 168 Å². The van der Waals surface area contributed by atoms with Gasteiger partial charge < -0.3 is 14.5 Å². The highest BCUT2D eigenvalue weighted by Gasteiger charge is 2.37. The molecule has 0 aromatic heterocycles. The second-order valence-corrected chi connectivity index (χ2v) is 7.76. The van der Waals surface area contributed by atoms with Crippen LogP contribution in [0, 0.1) is 12.8 Å². The quantitative estimate of drug-likeness (QED) is 0.724. The molecule has 1 aliphatic rings. The van der Waals surface area contributed by atoms with Crippen LogP contribution in [0.2, 0.25) is 0 Å². The van der Waals surface area contributed by atoms with Crippen LogP contribution in [0.5, 0.6) is 5.75 Å². The van der Waals surface area contributed by atoms with E-state index in [4.69, 9.17) is 4.74 Å². The Morgan fingerprint density at radius 2 is 2.04 bits per heavy atom. The maximum Gasteiger partial charge on any atom is 0.228 e. The molecule has 5 nitrogen and oxygen atoms in total. The number of nitrogens with zero attached hydrogens (tertiary/aromatic N) is 2. The molecule has 2 amide bonds. The predicted octanol–water partition coefficient (Wildman–Crippen LogP) is 3.78. The van der Waals surface area contributed by atoms with Gasteiger partial charge >= 0.3 is 0 Å². The van der Waals surface area contributed by atoms with Crippen LogP contribution in [0.15, 0.2) is 46.9 Å². The molecule has 6 heteroatoms. The first-order valence-electron chi connectivity index (χ1n) is 8.84. The van der Waals surface area contributed by atoms with Gasteiger partial charge in [0.15, 0.2) is 0 Å². The molecule has 1 fully saturated rings. The number of para-hydroxylation sites is 1. The van der Waals surface area contributed by atoms with Crippen LogP contribution in [0.1, 0.15) is 17.5 Å². The van der Waals surface area contributed by atoms with Crippen molar-refractivity contribution in [3.8, 4) is 5.75 Å². The van der Waals surface area contributed by atoms with Crippen LogP contribution in [-0.4, -0.2) is 37.4 Å². The van der Waals surface area contributed by atoms with Gasteiger partial charge in [-0.05, 0) is 36.8 Å². The van der Waals surface area contributed by atoms with Crippen molar-refractivity contribution in [2.45, 2.75) is 19.9 Å². The lowest BCUT2D eigenvalue weighted by Gasteiger charge is -2.23. The van der Waals surface area contributed by atoms with Gasteiger partial charge in [0.25, 0.3) is 0 Å². The van der Waals surface area contributed by atoms with Crippen molar-refractivity contribution in [2.75, 3.05) is 25.6 Å². The van der Waals surface area contributed by atoms with Crippen molar-refractivity contribution < 1.29 is 14.3 Å². The molecule has 0 saturated carbocycles. The Balaban J connectivity index is 1.71. The number of benzene rings is 2. The summed E-state index contributed by atoms with van der Waals surface area (Å²) in [6, 6.07) is 13.5. The highest BCUT2D eigenvalue weighted by atomic mass is 79.9. The first-order valence-corrected chi connectivity index (χ1v) is 9.63. The Hall–Kier alpha value is -2.34. The third kappa shape index (κ3) is 4.16. The summed E-state index contributed by atoms with van der Waals surface area (Å²) in [7, 11) is 3.39. The fourth-order valence-electron chi connectivity index (χ4n) is 3.51. The smallest absolute Gasteiger partial charge is 0.228 e. The van der Waals surface area contributed by atoms with E-state index in [0.717, 1.165) is 27.0 Å². The first kappa shape index (κ1) is 19.4. The molecule has 142 valence electrons. The number of carbonyl (C=O) groups is 2. The van der Waals surface area contributed by atoms with Crippen LogP contribution in [0.4, 0.5) is 5.69 Å². The van der Waals surface area contributed by atoms with Crippen molar-refractivity contribution in [2.24, 2.45) is 5.92 Å². The summed E-state index contributed by atoms with van der Waals surface area (Å²) in [6.45, 7) is 2.83. The summed E-state index contributed by atoms with van der Waals surface area (Å²) in [4.78, 5) is 28.8. The zero-order valence-electron chi connectivity index (χ0n) is 15.7. The molecular weight excluding hydrogens is 408 g/mol. The lowest BCUT2D eigenvalue weighted by atomic mass is 10.1. The average Bonchev–Trinajstić information content (AvgIpc) is 3.03. The number of hydrogen-bond donors (Lipinski definition) is 0. The van der Waals surface area contributed by atoms with Crippen molar-refractivity contribution >= 4 is 33.4 Å². The van der Waals surface area contributed by atoms with Gasteiger partial charge in [0, 0.05) is 42.3 Å². The molecule has 1 saturated heterocycles. The minimum Gasteiger partial charge on any atom is -0.496 e. The molecule has 0 radical (unpaired) electrons. The minimum absolute atomic E-state index is 0.00976. The maximum absolute atomic E-state index is 12.9. The minimum atomic E-state index is -0.333. The van der Waals surface area contributed by atoms with Gasteiger partial charge in [-0.15, -0.1) is 0 Å². The fourth-order valence-corrected chi connectivity index (χ4v) is 3.98. The number of hydrogen-bond acceptors (Lipinski definition) is 3. The van der Waals surface area contributed by atoms with Gasteiger partial charge in [0.2, 0.25) is 11.8 Å². The molecule has 1 aliphatic heterocycles. The number of halogens is 1. The fraction of sp³-hybridized carbons (Fsp3) is 0.333. The predicted molar refractivity (Wildman–Crippen MR) is 109 cm³/mol. The largest absolute Gasteiger partial charge is 0.496 e. The van der Waals surface area contributed by atoms with Gasteiger partial charge in [0.05, 0.1) is 13.0 Å². The Bertz CT molecular complexity index is 868. The first-order chi connectivity index (χ1) is 12.9. The van der Waals surface area contributed by atoms with E-state index in [-0.39, 0.29) is 24.2 Å². The molecular formula is C21H23BrN2O3. The molecule has 0 aliphatic carbocycles. The van der Waals surface area contributed by atoms with E-state index in [9.17, 15) is 9.59 Å². The summed E-state index contributed by atoms with van der Waals surface area (Å²) in [5.74, 6) is 0.392. The average molecular weight is 431 g/mol. The Morgan fingerprint density at radius 3 is 2.74 bits per heavy atom.